The number of benzene rings is 1. The molecule has 3 N–H and O–H groups in total. The number of urea groups is 1. The lowest BCUT2D eigenvalue weighted by Gasteiger charge is -2.14. The fourth-order valence-corrected chi connectivity index (χ4v) is 2.05. The molecule has 1 aliphatic heterocycles. The number of amides is 3. The van der Waals surface area contributed by atoms with Gasteiger partial charge in [0.2, 0.25) is 0 Å². The lowest BCUT2D eigenvalue weighted by molar-refractivity contribution is 0.0954. The Morgan fingerprint density at radius 2 is 2.00 bits per heavy atom. The van der Waals surface area contributed by atoms with Gasteiger partial charge >= 0.3 is 6.03 Å². The van der Waals surface area contributed by atoms with Gasteiger partial charge in [-0.1, -0.05) is 6.92 Å². The number of likely N-dealkylation sites (N-methyl/N-ethyl adjacent to an activating group) is 1. The zero-order chi connectivity index (χ0) is 14.4. The molecule has 21 heavy (non-hydrogen) atoms. The van der Waals surface area contributed by atoms with Gasteiger partial charge in [-0.2, -0.15) is 0 Å². The van der Waals surface area contributed by atoms with Crippen LogP contribution in [0, 0.1) is 0 Å². The van der Waals surface area contributed by atoms with Crippen LogP contribution in [-0.2, 0) is 0 Å². The van der Waals surface area contributed by atoms with Crippen molar-refractivity contribution in [2.75, 3.05) is 37.6 Å². The van der Waals surface area contributed by atoms with Gasteiger partial charge in [0, 0.05) is 37.4 Å². The number of hydrogen-bond acceptors (Lipinski definition) is 3. The molecule has 0 bridgehead atoms. The van der Waals surface area contributed by atoms with Crippen molar-refractivity contribution in [1.29, 1.82) is 0 Å². The maximum atomic E-state index is 11.9. The molecule has 0 unspecified atom stereocenters. The fourth-order valence-electron chi connectivity index (χ4n) is 2.05. The number of carbonyl (C=O) groups excluding carboxylic acids is 2. The Bertz CT molecular complexity index is 478. The van der Waals surface area contributed by atoms with Gasteiger partial charge in [0.15, 0.2) is 0 Å². The van der Waals surface area contributed by atoms with Gasteiger partial charge in [0.25, 0.3) is 5.91 Å². The van der Waals surface area contributed by atoms with Crippen LogP contribution >= 0.6 is 12.4 Å². The van der Waals surface area contributed by atoms with E-state index in [0.29, 0.717) is 25.2 Å². The van der Waals surface area contributed by atoms with E-state index in [9.17, 15) is 9.59 Å². The minimum absolute atomic E-state index is 0. The highest BCUT2D eigenvalue weighted by Gasteiger charge is 2.20. The molecule has 0 radical (unpaired) electrons. The summed E-state index contributed by atoms with van der Waals surface area (Å²) in [5.74, 6) is -0.0969. The molecule has 0 saturated carbocycles. The minimum atomic E-state index is -0.0969. The molecule has 1 aromatic carbocycles. The molecule has 0 aromatic heterocycles. The van der Waals surface area contributed by atoms with E-state index in [1.54, 1.807) is 29.2 Å². The minimum Gasteiger partial charge on any atom is -0.351 e. The highest BCUT2D eigenvalue weighted by Crippen LogP contribution is 2.17. The van der Waals surface area contributed by atoms with Crippen LogP contribution in [0.2, 0.25) is 0 Å². The molecule has 1 fully saturated rings. The average Bonchev–Trinajstić information content (AvgIpc) is 2.90. The predicted molar refractivity (Wildman–Crippen MR) is 85.3 cm³/mol. The smallest absolute Gasteiger partial charge is 0.321 e. The Morgan fingerprint density at radius 3 is 2.57 bits per heavy atom. The molecule has 1 aliphatic rings. The fraction of sp³-hybridized carbons (Fsp3) is 0.429. The molecule has 0 spiro atoms. The van der Waals surface area contributed by atoms with Gasteiger partial charge in [0.05, 0.1) is 0 Å². The van der Waals surface area contributed by atoms with Gasteiger partial charge in [-0.25, -0.2) is 4.79 Å². The number of nitrogens with zero attached hydrogens (tertiary/aromatic N) is 1. The van der Waals surface area contributed by atoms with Gasteiger partial charge in [-0.3, -0.25) is 9.69 Å². The highest BCUT2D eigenvalue weighted by atomic mass is 35.5. The first-order chi connectivity index (χ1) is 9.72. The van der Waals surface area contributed by atoms with Crippen LogP contribution in [0.5, 0.6) is 0 Å². The maximum absolute atomic E-state index is 11.9. The number of hydrogen-bond donors (Lipinski definition) is 3. The van der Waals surface area contributed by atoms with E-state index in [-0.39, 0.29) is 24.3 Å². The summed E-state index contributed by atoms with van der Waals surface area (Å²) in [4.78, 5) is 25.1. The monoisotopic (exact) mass is 312 g/mol. The Kier molecular flexibility index (Phi) is 6.98. The quantitative estimate of drug-likeness (QED) is 0.686. The lowest BCUT2D eigenvalue weighted by atomic mass is 10.2. The summed E-state index contributed by atoms with van der Waals surface area (Å²) < 4.78 is 0. The Morgan fingerprint density at radius 1 is 1.29 bits per heavy atom. The molecule has 0 atom stereocenters. The number of nitrogens with one attached hydrogen (secondary N) is 3. The molecule has 1 aromatic rings. The zero-order valence-corrected chi connectivity index (χ0v) is 12.8. The molecule has 1 saturated heterocycles. The van der Waals surface area contributed by atoms with Crippen molar-refractivity contribution in [1.82, 2.24) is 16.0 Å². The second kappa shape index (κ2) is 8.49. The van der Waals surface area contributed by atoms with E-state index < -0.39 is 0 Å². The van der Waals surface area contributed by atoms with Crippen molar-refractivity contribution in [3.8, 4) is 0 Å². The van der Waals surface area contributed by atoms with E-state index in [4.69, 9.17) is 0 Å². The molecular weight excluding hydrogens is 292 g/mol. The molecule has 116 valence electrons. The molecule has 7 heteroatoms. The first kappa shape index (κ1) is 17.3. The number of carbonyl (C=O) groups is 2. The second-order valence-corrected chi connectivity index (χ2v) is 4.54. The van der Waals surface area contributed by atoms with Crippen LogP contribution in [0.25, 0.3) is 0 Å². The molecule has 6 nitrogen and oxygen atoms in total. The second-order valence-electron chi connectivity index (χ2n) is 4.54. The number of rotatable bonds is 6. The Hall–Kier alpha value is -1.79. The summed E-state index contributed by atoms with van der Waals surface area (Å²) in [6, 6.07) is 6.98. The summed E-state index contributed by atoms with van der Waals surface area (Å²) in [5, 5.41) is 8.72. The average molecular weight is 313 g/mol. The van der Waals surface area contributed by atoms with E-state index in [1.165, 1.54) is 0 Å². The van der Waals surface area contributed by atoms with Gasteiger partial charge in [-0.15, -0.1) is 12.4 Å². The highest BCUT2D eigenvalue weighted by molar-refractivity contribution is 5.96. The van der Waals surface area contributed by atoms with Crippen molar-refractivity contribution in [3.63, 3.8) is 0 Å². The first-order valence-corrected chi connectivity index (χ1v) is 6.86. The Balaban J connectivity index is 0.00000220. The summed E-state index contributed by atoms with van der Waals surface area (Å²) in [5.41, 5.74) is 1.41. The van der Waals surface area contributed by atoms with Crippen LogP contribution < -0.4 is 20.9 Å². The Labute approximate surface area is 130 Å². The van der Waals surface area contributed by atoms with Crippen LogP contribution in [0.15, 0.2) is 24.3 Å². The van der Waals surface area contributed by atoms with Crippen molar-refractivity contribution >= 4 is 30.0 Å². The SMILES string of the molecule is CCNCCNC(=O)c1ccc(N2CCNC2=O)cc1.Cl. The largest absolute Gasteiger partial charge is 0.351 e. The van der Waals surface area contributed by atoms with Crippen molar-refractivity contribution in [2.24, 2.45) is 0 Å². The molecule has 0 aliphatic carbocycles. The molecule has 1 heterocycles. The maximum Gasteiger partial charge on any atom is 0.321 e. The first-order valence-electron chi connectivity index (χ1n) is 6.86. The van der Waals surface area contributed by atoms with Crippen molar-refractivity contribution in [3.05, 3.63) is 29.8 Å². The standard InChI is InChI=1S/C14H20N4O2.ClH/c1-2-15-7-8-16-13(19)11-3-5-12(6-4-11)18-10-9-17-14(18)20;/h3-6,15H,2,7-10H2,1H3,(H,16,19)(H,17,20);1H. The van der Waals surface area contributed by atoms with Crippen molar-refractivity contribution < 1.29 is 9.59 Å². The van der Waals surface area contributed by atoms with Crippen molar-refractivity contribution in [2.45, 2.75) is 6.92 Å². The van der Waals surface area contributed by atoms with Gasteiger partial charge < -0.3 is 16.0 Å². The third kappa shape index (κ3) is 4.61. The van der Waals surface area contributed by atoms with Crippen LogP contribution in [-0.4, -0.2) is 44.7 Å². The van der Waals surface area contributed by atoms with E-state index in [1.807, 2.05) is 6.92 Å². The molecular formula is C14H21ClN4O2. The molecule has 2 rings (SSSR count). The van der Waals surface area contributed by atoms with Crippen LogP contribution in [0.1, 0.15) is 17.3 Å². The zero-order valence-electron chi connectivity index (χ0n) is 12.0. The number of halogens is 1. The third-order valence-corrected chi connectivity index (χ3v) is 3.14. The predicted octanol–water partition coefficient (Wildman–Crippen LogP) is 0.977. The third-order valence-electron chi connectivity index (χ3n) is 3.14. The summed E-state index contributed by atoms with van der Waals surface area (Å²) in [7, 11) is 0. The van der Waals surface area contributed by atoms with Gasteiger partial charge in [-0.05, 0) is 30.8 Å². The van der Waals surface area contributed by atoms with Crippen LogP contribution in [0.4, 0.5) is 10.5 Å². The molecule has 3 amide bonds. The van der Waals surface area contributed by atoms with E-state index in [2.05, 4.69) is 16.0 Å². The summed E-state index contributed by atoms with van der Waals surface area (Å²) in [6.07, 6.45) is 0. The lowest BCUT2D eigenvalue weighted by Crippen LogP contribution is -2.31. The van der Waals surface area contributed by atoms with E-state index in [0.717, 1.165) is 18.8 Å². The topological polar surface area (TPSA) is 73.5 Å². The summed E-state index contributed by atoms with van der Waals surface area (Å²) >= 11 is 0. The normalized spacial score (nSPS) is 13.6. The van der Waals surface area contributed by atoms with E-state index >= 15 is 0 Å². The van der Waals surface area contributed by atoms with Crippen LogP contribution in [0.3, 0.4) is 0 Å². The summed E-state index contributed by atoms with van der Waals surface area (Å²) in [6.45, 7) is 5.59. The number of anilines is 1. The van der Waals surface area contributed by atoms with Gasteiger partial charge in [0.1, 0.15) is 0 Å².